The maximum absolute atomic E-state index is 13.0. The number of hydrogen-bond acceptors (Lipinski definition) is 4. The summed E-state index contributed by atoms with van der Waals surface area (Å²) in [4.78, 5) is 0.215. The Balaban J connectivity index is 2.03. The van der Waals surface area contributed by atoms with Crippen molar-refractivity contribution in [3.63, 3.8) is 0 Å². The van der Waals surface area contributed by atoms with Crippen molar-refractivity contribution in [2.45, 2.75) is 44.6 Å². The molecule has 0 saturated carbocycles. The summed E-state index contributed by atoms with van der Waals surface area (Å²) in [5.74, 6) is 0.354. The molecule has 2 heterocycles. The van der Waals surface area contributed by atoms with E-state index in [1.807, 2.05) is 25.1 Å². The second kappa shape index (κ2) is 5.52. The average molecular weight is 320 g/mol. The fourth-order valence-electron chi connectivity index (χ4n) is 3.20. The lowest BCUT2D eigenvalue weighted by molar-refractivity contribution is 0.384. The van der Waals surface area contributed by atoms with Crippen LogP contribution in [0.4, 0.5) is 0 Å². The predicted octanol–water partition coefficient (Wildman–Crippen LogP) is 3.13. The van der Waals surface area contributed by atoms with Gasteiger partial charge in [-0.25, -0.2) is 8.42 Å². The molecule has 6 heteroatoms. The second-order valence-corrected chi connectivity index (χ2v) is 7.67. The van der Waals surface area contributed by atoms with Crippen molar-refractivity contribution in [2.75, 3.05) is 6.54 Å². The molecule has 3 rings (SSSR count). The number of aryl methyl sites for hydroxylation is 3. The van der Waals surface area contributed by atoms with Crippen molar-refractivity contribution < 1.29 is 12.9 Å². The lowest BCUT2D eigenvalue weighted by Crippen LogP contribution is -2.31. The molecule has 0 amide bonds. The smallest absolute Gasteiger partial charge is 0.249 e. The second-order valence-electron chi connectivity index (χ2n) is 5.84. The molecular weight excluding hydrogens is 300 g/mol. The first-order chi connectivity index (χ1) is 10.4. The highest BCUT2D eigenvalue weighted by atomic mass is 32.2. The summed E-state index contributed by atoms with van der Waals surface area (Å²) >= 11 is 0. The Morgan fingerprint density at radius 3 is 2.68 bits per heavy atom. The normalized spacial score (nSPS) is 19.7. The lowest BCUT2D eigenvalue weighted by Gasteiger charge is -2.24. The van der Waals surface area contributed by atoms with Gasteiger partial charge in [-0.3, -0.25) is 0 Å². The van der Waals surface area contributed by atoms with Crippen molar-refractivity contribution in [3.05, 3.63) is 46.8 Å². The number of hydrogen-bond donors (Lipinski definition) is 0. The van der Waals surface area contributed by atoms with Crippen molar-refractivity contribution in [1.82, 2.24) is 9.46 Å². The topological polar surface area (TPSA) is 63.4 Å². The molecule has 0 spiro atoms. The van der Waals surface area contributed by atoms with Crippen LogP contribution < -0.4 is 0 Å². The van der Waals surface area contributed by atoms with Crippen molar-refractivity contribution in [1.29, 1.82) is 0 Å². The molecule has 1 saturated heterocycles. The summed E-state index contributed by atoms with van der Waals surface area (Å²) in [6.45, 7) is 5.86. The van der Waals surface area contributed by atoms with Gasteiger partial charge in [-0.1, -0.05) is 35.0 Å². The van der Waals surface area contributed by atoms with E-state index in [9.17, 15) is 8.42 Å². The predicted molar refractivity (Wildman–Crippen MR) is 83.0 cm³/mol. The first-order valence-electron chi connectivity index (χ1n) is 7.42. The Labute approximate surface area is 131 Å². The number of nitrogens with zero attached hydrogens (tertiary/aromatic N) is 2. The molecule has 1 aromatic heterocycles. The first kappa shape index (κ1) is 15.2. The van der Waals surface area contributed by atoms with E-state index in [-0.39, 0.29) is 10.9 Å². The van der Waals surface area contributed by atoms with Crippen molar-refractivity contribution in [2.24, 2.45) is 0 Å². The van der Waals surface area contributed by atoms with Crippen LogP contribution in [0, 0.1) is 20.8 Å². The van der Waals surface area contributed by atoms with Gasteiger partial charge in [0.25, 0.3) is 0 Å². The largest absolute Gasteiger partial charge is 0.360 e. The maximum atomic E-state index is 13.0. The van der Waals surface area contributed by atoms with Crippen LogP contribution in [-0.4, -0.2) is 24.4 Å². The summed E-state index contributed by atoms with van der Waals surface area (Å²) < 4.78 is 32.7. The highest BCUT2D eigenvalue weighted by Crippen LogP contribution is 2.38. The third kappa shape index (κ3) is 2.46. The van der Waals surface area contributed by atoms with Crippen LogP contribution in [0.2, 0.25) is 0 Å². The van der Waals surface area contributed by atoms with Gasteiger partial charge in [0, 0.05) is 6.54 Å². The molecule has 5 nitrogen and oxygen atoms in total. The summed E-state index contributed by atoms with van der Waals surface area (Å²) in [6, 6.07) is 7.94. The van der Waals surface area contributed by atoms with Gasteiger partial charge in [0.1, 0.15) is 10.6 Å². The van der Waals surface area contributed by atoms with Crippen LogP contribution in [0.15, 0.2) is 33.7 Å². The first-order valence-corrected chi connectivity index (χ1v) is 8.86. The molecule has 1 fully saturated rings. The number of rotatable bonds is 3. The molecule has 1 aliphatic heterocycles. The van der Waals surface area contributed by atoms with Gasteiger partial charge < -0.3 is 4.52 Å². The van der Waals surface area contributed by atoms with Gasteiger partial charge in [0.2, 0.25) is 10.0 Å². The molecule has 0 unspecified atom stereocenters. The lowest BCUT2D eigenvalue weighted by atomic mass is 10.0. The van der Waals surface area contributed by atoms with Crippen molar-refractivity contribution in [3.8, 4) is 0 Å². The molecule has 1 aromatic carbocycles. The van der Waals surface area contributed by atoms with E-state index < -0.39 is 10.0 Å². The Morgan fingerprint density at radius 1 is 1.27 bits per heavy atom. The van der Waals surface area contributed by atoms with Crippen LogP contribution in [-0.2, 0) is 10.0 Å². The molecule has 118 valence electrons. The summed E-state index contributed by atoms with van der Waals surface area (Å²) in [5.41, 5.74) is 2.61. The highest BCUT2D eigenvalue weighted by Gasteiger charge is 2.39. The SMILES string of the molecule is Cc1cccc([C@@H]2CCCN2S(=O)(=O)c2c(C)noc2C)c1. The van der Waals surface area contributed by atoms with Gasteiger partial charge in [0.15, 0.2) is 5.76 Å². The van der Waals surface area contributed by atoms with Gasteiger partial charge in [-0.05, 0) is 39.2 Å². The molecule has 2 aromatic rings. The zero-order chi connectivity index (χ0) is 15.9. The Bertz CT molecular complexity index is 776. The fraction of sp³-hybridized carbons (Fsp3) is 0.438. The zero-order valence-corrected chi connectivity index (χ0v) is 13.9. The summed E-state index contributed by atoms with van der Waals surface area (Å²) in [6.07, 6.45) is 1.70. The number of aromatic nitrogens is 1. The van der Waals surface area contributed by atoms with E-state index in [1.54, 1.807) is 18.2 Å². The third-order valence-corrected chi connectivity index (χ3v) is 6.32. The fourth-order valence-corrected chi connectivity index (χ4v) is 5.18. The van der Waals surface area contributed by atoms with E-state index >= 15 is 0 Å². The van der Waals surface area contributed by atoms with Crippen LogP contribution >= 0.6 is 0 Å². The van der Waals surface area contributed by atoms with E-state index in [0.29, 0.717) is 18.0 Å². The Hall–Kier alpha value is -1.66. The average Bonchev–Trinajstić information content (AvgIpc) is 3.06. The Kier molecular flexibility index (Phi) is 3.82. The van der Waals surface area contributed by atoms with E-state index in [1.165, 1.54) is 0 Å². The van der Waals surface area contributed by atoms with Crippen LogP contribution in [0.3, 0.4) is 0 Å². The van der Waals surface area contributed by atoms with Gasteiger partial charge in [-0.15, -0.1) is 0 Å². The molecule has 0 aliphatic carbocycles. The van der Waals surface area contributed by atoms with Gasteiger partial charge in [-0.2, -0.15) is 4.31 Å². The van der Waals surface area contributed by atoms with Gasteiger partial charge in [0.05, 0.1) is 6.04 Å². The number of benzene rings is 1. The quantitative estimate of drug-likeness (QED) is 0.871. The monoisotopic (exact) mass is 320 g/mol. The summed E-state index contributed by atoms with van der Waals surface area (Å²) in [7, 11) is -3.59. The third-order valence-electron chi connectivity index (χ3n) is 4.17. The molecular formula is C16H20N2O3S. The van der Waals surface area contributed by atoms with E-state index in [4.69, 9.17) is 4.52 Å². The zero-order valence-electron chi connectivity index (χ0n) is 13.0. The van der Waals surface area contributed by atoms with E-state index in [0.717, 1.165) is 24.0 Å². The maximum Gasteiger partial charge on any atom is 0.249 e. The van der Waals surface area contributed by atoms with E-state index in [2.05, 4.69) is 11.2 Å². The van der Waals surface area contributed by atoms with Crippen LogP contribution in [0.1, 0.15) is 41.5 Å². The minimum absolute atomic E-state index is 0.112. The molecule has 0 N–H and O–H groups in total. The standard InChI is InChI=1S/C16H20N2O3S/c1-11-6-4-7-14(10-11)15-8-5-9-18(15)22(19,20)16-12(2)17-21-13(16)3/h4,6-7,10,15H,5,8-9H2,1-3H3/t15-/m0/s1. The van der Waals surface area contributed by atoms with Gasteiger partial charge >= 0.3 is 0 Å². The summed E-state index contributed by atoms with van der Waals surface area (Å²) in [5, 5.41) is 3.78. The molecule has 1 atom stereocenters. The van der Waals surface area contributed by atoms with Crippen molar-refractivity contribution >= 4 is 10.0 Å². The molecule has 0 radical (unpaired) electrons. The Morgan fingerprint density at radius 2 is 2.05 bits per heavy atom. The number of sulfonamides is 1. The molecule has 1 aliphatic rings. The minimum Gasteiger partial charge on any atom is -0.360 e. The van der Waals surface area contributed by atoms with Crippen LogP contribution in [0.5, 0.6) is 0 Å². The minimum atomic E-state index is -3.59. The molecule has 22 heavy (non-hydrogen) atoms. The molecule has 0 bridgehead atoms. The van der Waals surface area contributed by atoms with Crippen LogP contribution in [0.25, 0.3) is 0 Å². The highest BCUT2D eigenvalue weighted by molar-refractivity contribution is 7.89.